The van der Waals surface area contributed by atoms with Crippen LogP contribution in [0.1, 0.15) is 36.2 Å². The minimum Gasteiger partial charge on any atom is -0.383 e. The van der Waals surface area contributed by atoms with Gasteiger partial charge in [-0.2, -0.15) is 18.3 Å². The number of urea groups is 1. The molecular formula is C24H24F4N6O2. The van der Waals surface area contributed by atoms with E-state index in [4.69, 9.17) is 10.5 Å². The van der Waals surface area contributed by atoms with Crippen LogP contribution in [0.5, 0.6) is 0 Å². The summed E-state index contributed by atoms with van der Waals surface area (Å²) in [5.74, 6) is -0.980. The number of carbonyl (C=O) groups is 1. The van der Waals surface area contributed by atoms with Gasteiger partial charge in [0.05, 0.1) is 42.7 Å². The molecule has 8 nitrogen and oxygen atoms in total. The van der Waals surface area contributed by atoms with E-state index in [1.165, 1.54) is 18.3 Å². The number of pyridine rings is 1. The molecule has 0 bridgehead atoms. The Labute approximate surface area is 204 Å². The molecule has 3 N–H and O–H groups in total. The Morgan fingerprint density at radius 3 is 2.81 bits per heavy atom. The van der Waals surface area contributed by atoms with Crippen LogP contribution in [0.2, 0.25) is 0 Å². The van der Waals surface area contributed by atoms with Crippen molar-refractivity contribution in [2.75, 3.05) is 25.4 Å². The third-order valence-electron chi connectivity index (χ3n) is 6.66. The predicted octanol–water partition coefficient (Wildman–Crippen LogP) is 4.09. The number of nitrogen functional groups attached to an aromatic ring is 1. The van der Waals surface area contributed by atoms with E-state index in [2.05, 4.69) is 15.4 Å². The first-order valence-corrected chi connectivity index (χ1v) is 11.4. The van der Waals surface area contributed by atoms with Crippen molar-refractivity contribution in [1.82, 2.24) is 25.0 Å². The highest BCUT2D eigenvalue weighted by molar-refractivity contribution is 5.75. The number of hydrogen-bond donors (Lipinski definition) is 2. The van der Waals surface area contributed by atoms with Gasteiger partial charge in [-0.3, -0.25) is 4.68 Å². The number of halogens is 4. The summed E-state index contributed by atoms with van der Waals surface area (Å²) in [5.41, 5.74) is 5.40. The molecular weight excluding hydrogens is 480 g/mol. The van der Waals surface area contributed by atoms with Crippen LogP contribution in [0.15, 0.2) is 42.6 Å². The van der Waals surface area contributed by atoms with E-state index in [9.17, 15) is 22.4 Å². The van der Waals surface area contributed by atoms with Gasteiger partial charge in [-0.1, -0.05) is 12.1 Å². The Balaban J connectivity index is 1.36. The highest BCUT2D eigenvalue weighted by Crippen LogP contribution is 2.41. The summed E-state index contributed by atoms with van der Waals surface area (Å²) in [4.78, 5) is 18.3. The molecule has 2 atom stereocenters. The van der Waals surface area contributed by atoms with Crippen molar-refractivity contribution in [3.8, 4) is 11.3 Å². The SMILES string of the molecule is CC(NC(=O)N1CCC2(C1)OCCn1nc(-c3cnc(N)c(C(F)(F)F)c3)cc12)c1cccc(F)c1. The number of carbonyl (C=O) groups excluding carboxylic acids is 1. The molecule has 1 fully saturated rings. The van der Waals surface area contributed by atoms with E-state index >= 15 is 0 Å². The molecule has 2 unspecified atom stereocenters. The molecule has 1 saturated heterocycles. The van der Waals surface area contributed by atoms with E-state index in [1.807, 2.05) is 0 Å². The van der Waals surface area contributed by atoms with Crippen molar-refractivity contribution < 1.29 is 27.1 Å². The maximum absolute atomic E-state index is 13.6. The molecule has 2 aliphatic heterocycles. The minimum absolute atomic E-state index is 0.185. The molecule has 5 rings (SSSR count). The normalized spacial score (nSPS) is 20.4. The lowest BCUT2D eigenvalue weighted by atomic mass is 9.96. The number of rotatable bonds is 3. The van der Waals surface area contributed by atoms with E-state index < -0.39 is 29.2 Å². The number of hydrogen-bond acceptors (Lipinski definition) is 5. The Hall–Kier alpha value is -3.67. The zero-order valence-electron chi connectivity index (χ0n) is 19.3. The van der Waals surface area contributed by atoms with Crippen LogP contribution in [-0.2, 0) is 23.1 Å². The summed E-state index contributed by atoms with van der Waals surface area (Å²) in [7, 11) is 0. The van der Waals surface area contributed by atoms with E-state index in [1.54, 1.807) is 34.7 Å². The van der Waals surface area contributed by atoms with E-state index in [0.29, 0.717) is 43.1 Å². The molecule has 36 heavy (non-hydrogen) atoms. The number of fused-ring (bicyclic) bond motifs is 2. The molecule has 2 aromatic heterocycles. The monoisotopic (exact) mass is 504 g/mol. The molecule has 190 valence electrons. The van der Waals surface area contributed by atoms with Crippen molar-refractivity contribution in [2.45, 2.75) is 37.7 Å². The van der Waals surface area contributed by atoms with Crippen molar-refractivity contribution in [3.05, 3.63) is 65.2 Å². The van der Waals surface area contributed by atoms with Gasteiger partial charge in [-0.05, 0) is 36.8 Å². The van der Waals surface area contributed by atoms with Gasteiger partial charge in [-0.25, -0.2) is 14.2 Å². The summed E-state index contributed by atoms with van der Waals surface area (Å²) >= 11 is 0. The zero-order chi connectivity index (χ0) is 25.7. The molecule has 1 aromatic carbocycles. The minimum atomic E-state index is -4.64. The van der Waals surface area contributed by atoms with Gasteiger partial charge in [0.2, 0.25) is 0 Å². The van der Waals surface area contributed by atoms with Gasteiger partial charge in [0.1, 0.15) is 17.2 Å². The molecule has 0 aliphatic carbocycles. The first-order valence-electron chi connectivity index (χ1n) is 11.4. The summed E-state index contributed by atoms with van der Waals surface area (Å²) < 4.78 is 61.4. The van der Waals surface area contributed by atoms with Gasteiger partial charge in [0.25, 0.3) is 0 Å². The highest BCUT2D eigenvalue weighted by atomic mass is 19.4. The maximum atomic E-state index is 13.6. The molecule has 0 saturated carbocycles. The third kappa shape index (κ3) is 4.36. The van der Waals surface area contributed by atoms with Crippen LogP contribution < -0.4 is 11.1 Å². The lowest BCUT2D eigenvalue weighted by molar-refractivity contribution is -0.137. The number of benzene rings is 1. The second kappa shape index (κ2) is 8.77. The fourth-order valence-electron chi connectivity index (χ4n) is 4.76. The number of amides is 2. The number of ether oxygens (including phenoxy) is 1. The largest absolute Gasteiger partial charge is 0.419 e. The maximum Gasteiger partial charge on any atom is 0.419 e. The summed E-state index contributed by atoms with van der Waals surface area (Å²) in [6.07, 6.45) is -2.89. The average Bonchev–Trinajstić information content (AvgIpc) is 3.45. The predicted molar refractivity (Wildman–Crippen MR) is 122 cm³/mol. The number of nitrogens with two attached hydrogens (primary N) is 1. The van der Waals surface area contributed by atoms with Gasteiger partial charge in [0, 0.05) is 24.7 Å². The summed E-state index contributed by atoms with van der Waals surface area (Å²) in [6, 6.07) is 7.93. The standard InChI is InChI=1S/C24H24F4N6O2/c1-14(15-3-2-4-17(25)9-15)31-22(35)33-6-5-23(13-33)20-11-19(32-34(20)7-8-36-23)16-10-18(24(26,27)28)21(29)30-12-16/h2-4,9-12,14H,5-8,13H2,1H3,(H2,29,30)(H,31,35). The van der Waals surface area contributed by atoms with Gasteiger partial charge in [0.15, 0.2) is 0 Å². The Morgan fingerprint density at radius 2 is 2.06 bits per heavy atom. The number of likely N-dealkylation sites (tertiary alicyclic amines) is 1. The molecule has 4 heterocycles. The van der Waals surface area contributed by atoms with Gasteiger partial charge < -0.3 is 20.7 Å². The van der Waals surface area contributed by atoms with Crippen LogP contribution in [-0.4, -0.2) is 45.4 Å². The first-order chi connectivity index (χ1) is 17.1. The molecule has 0 radical (unpaired) electrons. The summed E-state index contributed by atoms with van der Waals surface area (Å²) in [5, 5.41) is 7.38. The Bertz CT molecular complexity index is 1310. The summed E-state index contributed by atoms with van der Waals surface area (Å²) in [6.45, 7) is 3.19. The Kier molecular flexibility index (Phi) is 5.86. The van der Waals surface area contributed by atoms with Crippen molar-refractivity contribution in [2.24, 2.45) is 0 Å². The number of aromatic nitrogens is 3. The second-order valence-corrected chi connectivity index (χ2v) is 9.03. The number of nitrogens with one attached hydrogen (secondary N) is 1. The first kappa shape index (κ1) is 24.0. The lowest BCUT2D eigenvalue weighted by Gasteiger charge is -2.34. The van der Waals surface area contributed by atoms with Crippen LogP contribution in [0.25, 0.3) is 11.3 Å². The average molecular weight is 504 g/mol. The molecule has 12 heteroatoms. The fraction of sp³-hybridized carbons (Fsp3) is 0.375. The topological polar surface area (TPSA) is 98.3 Å². The van der Waals surface area contributed by atoms with Crippen LogP contribution >= 0.6 is 0 Å². The molecule has 3 aromatic rings. The smallest absolute Gasteiger partial charge is 0.383 e. The fourth-order valence-corrected chi connectivity index (χ4v) is 4.76. The van der Waals surface area contributed by atoms with Crippen LogP contribution in [0.4, 0.5) is 28.2 Å². The molecule has 1 spiro atoms. The number of alkyl halides is 3. The number of nitrogens with zero attached hydrogens (tertiary/aromatic N) is 4. The van der Waals surface area contributed by atoms with Crippen LogP contribution in [0.3, 0.4) is 0 Å². The van der Waals surface area contributed by atoms with Crippen molar-refractivity contribution in [1.29, 1.82) is 0 Å². The highest BCUT2D eigenvalue weighted by Gasteiger charge is 2.47. The van der Waals surface area contributed by atoms with Crippen molar-refractivity contribution >= 4 is 11.8 Å². The Morgan fingerprint density at radius 1 is 1.25 bits per heavy atom. The van der Waals surface area contributed by atoms with Gasteiger partial charge >= 0.3 is 12.2 Å². The second-order valence-electron chi connectivity index (χ2n) is 9.03. The third-order valence-corrected chi connectivity index (χ3v) is 6.66. The number of anilines is 1. The van der Waals surface area contributed by atoms with E-state index in [-0.39, 0.29) is 24.0 Å². The van der Waals surface area contributed by atoms with Gasteiger partial charge in [-0.15, -0.1) is 0 Å². The van der Waals surface area contributed by atoms with Crippen molar-refractivity contribution in [3.63, 3.8) is 0 Å². The molecule has 2 amide bonds. The van der Waals surface area contributed by atoms with Crippen LogP contribution in [0, 0.1) is 5.82 Å². The zero-order valence-corrected chi connectivity index (χ0v) is 19.3. The lowest BCUT2D eigenvalue weighted by Crippen LogP contribution is -2.44. The quantitative estimate of drug-likeness (QED) is 0.524. The molecule has 2 aliphatic rings. The van der Waals surface area contributed by atoms with E-state index in [0.717, 1.165) is 6.07 Å².